The van der Waals surface area contributed by atoms with Crippen molar-refractivity contribution in [1.82, 2.24) is 29.6 Å². The molecule has 2 N–H and O–H groups in total. The number of piperidine rings is 1. The van der Waals surface area contributed by atoms with E-state index < -0.39 is 11.7 Å². The summed E-state index contributed by atoms with van der Waals surface area (Å²) in [6.45, 7) is 4.24. The van der Waals surface area contributed by atoms with Crippen molar-refractivity contribution in [3.05, 3.63) is 40.1 Å². The molecule has 10 heteroatoms. The number of rotatable bonds is 6. The molecule has 0 amide bonds. The summed E-state index contributed by atoms with van der Waals surface area (Å²) in [6, 6.07) is 1.52. The predicted octanol–water partition coefficient (Wildman–Crippen LogP) is 4.97. The molecule has 7 nitrogen and oxygen atoms in total. The first-order valence-electron chi connectivity index (χ1n) is 15.0. The van der Waals surface area contributed by atoms with Gasteiger partial charge in [0.15, 0.2) is 0 Å². The monoisotopic (exact) mass is 548 g/mol. The van der Waals surface area contributed by atoms with Crippen molar-refractivity contribution in [2.45, 2.75) is 102 Å². The number of hydrogen-bond acceptors (Lipinski definition) is 5. The lowest BCUT2D eigenvalue weighted by Crippen LogP contribution is -2.50. The van der Waals surface area contributed by atoms with Crippen LogP contribution in [0.25, 0.3) is 5.52 Å². The Morgan fingerprint density at radius 2 is 1.79 bits per heavy atom. The Labute approximate surface area is 228 Å². The Bertz CT molecular complexity index is 1220. The van der Waals surface area contributed by atoms with E-state index in [2.05, 4.69) is 34.6 Å². The minimum absolute atomic E-state index is 0.0259. The molecule has 0 bridgehead atoms. The molecule has 216 valence electrons. The maximum Gasteiger partial charge on any atom is 0.418 e. The molecule has 5 atom stereocenters. The molecule has 2 aliphatic carbocycles. The molecular formula is C29H43F3N6O. The normalized spacial score (nSPS) is 30.6. The van der Waals surface area contributed by atoms with E-state index in [1.807, 2.05) is 0 Å². The Morgan fingerprint density at radius 1 is 1.03 bits per heavy atom. The largest absolute Gasteiger partial charge is 0.418 e. The summed E-state index contributed by atoms with van der Waals surface area (Å²) in [5, 5.41) is 0. The number of pyridine rings is 1. The van der Waals surface area contributed by atoms with Gasteiger partial charge in [-0.2, -0.15) is 13.2 Å². The van der Waals surface area contributed by atoms with Crippen molar-refractivity contribution < 1.29 is 13.2 Å². The van der Waals surface area contributed by atoms with Crippen molar-refractivity contribution in [2.24, 2.45) is 17.8 Å². The second-order valence-electron chi connectivity index (χ2n) is 12.7. The third kappa shape index (κ3) is 5.29. The summed E-state index contributed by atoms with van der Waals surface area (Å²) < 4.78 is 45.8. The molecule has 4 heterocycles. The SMILES string of the molecule is C[C@@H]1CCCCN1Cc1cc(C(F)(F)F)c2cn(C3CCC[C@H](C(C4CCC4)C4NNCN4C)C3)c(=O)n2c1. The zero-order chi connectivity index (χ0) is 27.3. The number of alkyl halides is 3. The molecule has 3 unspecified atom stereocenters. The van der Waals surface area contributed by atoms with Crippen molar-refractivity contribution in [2.75, 3.05) is 20.3 Å². The number of halogens is 3. The lowest BCUT2D eigenvalue weighted by molar-refractivity contribution is -0.136. The Hall–Kier alpha value is -1.88. The zero-order valence-corrected chi connectivity index (χ0v) is 23.2. The average molecular weight is 549 g/mol. The van der Waals surface area contributed by atoms with E-state index in [-0.39, 0.29) is 23.4 Å². The Balaban J connectivity index is 1.31. The number of hydrazine groups is 1. The highest BCUT2D eigenvalue weighted by Crippen LogP contribution is 2.47. The quantitative estimate of drug-likeness (QED) is 0.534. The second-order valence-corrected chi connectivity index (χ2v) is 12.7. The molecule has 4 aliphatic rings. The van der Waals surface area contributed by atoms with Gasteiger partial charge in [0.1, 0.15) is 0 Å². The maximum absolute atomic E-state index is 14.3. The lowest BCUT2D eigenvalue weighted by Gasteiger charge is -2.46. The van der Waals surface area contributed by atoms with Crippen molar-refractivity contribution >= 4 is 5.52 Å². The Morgan fingerprint density at radius 3 is 2.46 bits per heavy atom. The van der Waals surface area contributed by atoms with Gasteiger partial charge in [-0.1, -0.05) is 32.1 Å². The first-order valence-corrected chi connectivity index (χ1v) is 15.0. The molecule has 39 heavy (non-hydrogen) atoms. The molecule has 0 spiro atoms. The van der Waals surface area contributed by atoms with Crippen LogP contribution < -0.4 is 16.5 Å². The highest BCUT2D eigenvalue weighted by atomic mass is 19.4. The molecule has 2 aromatic rings. The summed E-state index contributed by atoms with van der Waals surface area (Å²) in [6.07, 6.45) is 9.65. The average Bonchev–Trinajstić information content (AvgIpc) is 3.44. The number of nitrogens with one attached hydrogen (secondary N) is 2. The summed E-state index contributed by atoms with van der Waals surface area (Å²) >= 11 is 0. The fraction of sp³-hybridized carbons (Fsp3) is 0.759. The first-order chi connectivity index (χ1) is 18.7. The number of imidazole rings is 1. The van der Waals surface area contributed by atoms with E-state index >= 15 is 0 Å². The van der Waals surface area contributed by atoms with Gasteiger partial charge in [-0.15, -0.1) is 0 Å². The molecule has 2 saturated heterocycles. The van der Waals surface area contributed by atoms with E-state index in [9.17, 15) is 18.0 Å². The van der Waals surface area contributed by atoms with Crippen LogP contribution in [0.3, 0.4) is 0 Å². The number of nitrogens with zero attached hydrogens (tertiary/aromatic N) is 4. The van der Waals surface area contributed by atoms with E-state index in [0.29, 0.717) is 35.9 Å². The fourth-order valence-corrected chi connectivity index (χ4v) is 7.87. The zero-order valence-electron chi connectivity index (χ0n) is 23.2. The maximum atomic E-state index is 14.3. The second kappa shape index (κ2) is 10.8. The molecule has 2 saturated carbocycles. The van der Waals surface area contributed by atoms with Gasteiger partial charge in [-0.3, -0.25) is 18.8 Å². The van der Waals surface area contributed by atoms with Crippen molar-refractivity contribution in [1.29, 1.82) is 0 Å². The van der Waals surface area contributed by atoms with Crippen LogP contribution in [0.2, 0.25) is 0 Å². The minimum atomic E-state index is -4.52. The topological polar surface area (TPSA) is 57.0 Å². The highest BCUT2D eigenvalue weighted by Gasteiger charge is 2.44. The summed E-state index contributed by atoms with van der Waals surface area (Å²) in [7, 11) is 2.13. The molecule has 2 aliphatic heterocycles. The summed E-state index contributed by atoms with van der Waals surface area (Å²) in [5.74, 6) is 1.57. The predicted molar refractivity (Wildman–Crippen MR) is 145 cm³/mol. The van der Waals surface area contributed by atoms with Crippen LogP contribution in [-0.2, 0) is 12.7 Å². The minimum Gasteiger partial charge on any atom is -0.296 e. The highest BCUT2D eigenvalue weighted by molar-refractivity contribution is 5.56. The van der Waals surface area contributed by atoms with Gasteiger partial charge < -0.3 is 0 Å². The molecular weight excluding hydrogens is 505 g/mol. The van der Waals surface area contributed by atoms with Gasteiger partial charge in [0.05, 0.1) is 23.9 Å². The van der Waals surface area contributed by atoms with Crippen LogP contribution in [0.4, 0.5) is 13.2 Å². The van der Waals surface area contributed by atoms with Crippen LogP contribution in [-0.4, -0.2) is 51.2 Å². The first kappa shape index (κ1) is 27.3. The van der Waals surface area contributed by atoms with Crippen LogP contribution in [0.15, 0.2) is 23.3 Å². The van der Waals surface area contributed by atoms with Crippen molar-refractivity contribution in [3.8, 4) is 0 Å². The van der Waals surface area contributed by atoms with Gasteiger partial charge in [0.25, 0.3) is 0 Å². The number of likely N-dealkylation sites (tertiary alicyclic amines) is 1. The third-order valence-corrected chi connectivity index (χ3v) is 10.2. The smallest absolute Gasteiger partial charge is 0.296 e. The lowest BCUT2D eigenvalue weighted by atomic mass is 9.65. The van der Waals surface area contributed by atoms with E-state index in [1.165, 1.54) is 35.9 Å². The fourth-order valence-electron chi connectivity index (χ4n) is 7.87. The molecule has 4 fully saturated rings. The number of hydrogen-bond donors (Lipinski definition) is 2. The Kier molecular flexibility index (Phi) is 7.58. The van der Waals surface area contributed by atoms with Gasteiger partial charge >= 0.3 is 11.9 Å². The number of aromatic nitrogens is 2. The molecule has 6 rings (SSSR count). The van der Waals surface area contributed by atoms with E-state index in [4.69, 9.17) is 0 Å². The van der Waals surface area contributed by atoms with Gasteiger partial charge in [0, 0.05) is 31.0 Å². The standard InChI is InChI=1S/C29H43F3N6O/c1-19-7-3-4-12-36(19)15-20-13-24(29(30,31)32)25-17-37(28(39)38(25)16-20)23-11-6-10-22(14-23)26(21-8-5-9-21)27-34-33-18-35(27)2/h13,16-17,19,21-23,26-27,33-34H,3-12,14-15,18H2,1-2H3/t19-,22+,23?,26?,27?/m1/s1. The van der Waals surface area contributed by atoms with E-state index in [0.717, 1.165) is 58.2 Å². The van der Waals surface area contributed by atoms with Gasteiger partial charge in [-0.05, 0) is 82.0 Å². The molecule has 2 aromatic heterocycles. The molecule has 0 radical (unpaired) electrons. The van der Waals surface area contributed by atoms with Gasteiger partial charge in [0.2, 0.25) is 0 Å². The van der Waals surface area contributed by atoms with Crippen LogP contribution in [0.5, 0.6) is 0 Å². The van der Waals surface area contributed by atoms with Crippen molar-refractivity contribution in [3.63, 3.8) is 0 Å². The number of fused-ring (bicyclic) bond motifs is 1. The van der Waals surface area contributed by atoms with Gasteiger partial charge in [-0.25, -0.2) is 15.6 Å². The van der Waals surface area contributed by atoms with E-state index in [1.54, 1.807) is 10.8 Å². The summed E-state index contributed by atoms with van der Waals surface area (Å²) in [4.78, 5) is 18.3. The van der Waals surface area contributed by atoms with Crippen LogP contribution in [0.1, 0.15) is 88.3 Å². The van der Waals surface area contributed by atoms with Crippen LogP contribution in [0, 0.1) is 17.8 Å². The summed E-state index contributed by atoms with van der Waals surface area (Å²) in [5.41, 5.74) is 6.24. The molecule has 0 aromatic carbocycles. The third-order valence-electron chi connectivity index (χ3n) is 10.2. The van der Waals surface area contributed by atoms with Crippen LogP contribution >= 0.6 is 0 Å².